The maximum atomic E-state index is 13.3. The van der Waals surface area contributed by atoms with Crippen molar-refractivity contribution in [3.8, 4) is 0 Å². The SMILES string of the molecule is CC(=O)[C@H]1CC[C@H]2[C@@H]3CCC4=CC(=O)C(O)C(O)[C@]4(C)[C@H]3C(=O)C[C@]12C. The van der Waals surface area contributed by atoms with Gasteiger partial charge in [-0.25, -0.2) is 0 Å². The number of carbonyl (C=O) groups excluding carboxylic acids is 3. The quantitative estimate of drug-likeness (QED) is 0.744. The maximum Gasteiger partial charge on any atom is 0.186 e. The van der Waals surface area contributed by atoms with Gasteiger partial charge in [0.2, 0.25) is 0 Å². The molecule has 2 N–H and O–H groups in total. The van der Waals surface area contributed by atoms with Gasteiger partial charge >= 0.3 is 0 Å². The van der Waals surface area contributed by atoms with Crippen LogP contribution in [0.5, 0.6) is 0 Å². The summed E-state index contributed by atoms with van der Waals surface area (Å²) < 4.78 is 0. The standard InChI is InChI=1S/C21H28O5/c1-10(22)13-6-7-14-12-5-4-11-8-15(23)18(25)19(26)21(11,3)17(12)16(24)9-20(13,14)2/h8,12-14,17-19,25-26H,4-7,9H2,1-3H3/t12-,13+,14-,17+,18?,19?,20+,21-/m0/s1. The van der Waals surface area contributed by atoms with Crippen LogP contribution in [-0.4, -0.2) is 39.8 Å². The molecule has 0 aromatic carbocycles. The fourth-order valence-electron chi connectivity index (χ4n) is 7.13. The predicted molar refractivity (Wildman–Crippen MR) is 94.1 cm³/mol. The minimum absolute atomic E-state index is 0.0643. The van der Waals surface area contributed by atoms with Gasteiger partial charge in [-0.15, -0.1) is 0 Å². The summed E-state index contributed by atoms with van der Waals surface area (Å²) >= 11 is 0. The van der Waals surface area contributed by atoms with E-state index in [4.69, 9.17) is 0 Å². The molecule has 4 rings (SSSR count). The van der Waals surface area contributed by atoms with Crippen LogP contribution in [0.4, 0.5) is 0 Å². The van der Waals surface area contributed by atoms with Crippen LogP contribution in [0.2, 0.25) is 0 Å². The molecule has 0 aliphatic heterocycles. The number of rotatable bonds is 1. The molecule has 5 heteroatoms. The number of aliphatic hydroxyl groups is 2. The van der Waals surface area contributed by atoms with Gasteiger partial charge in [-0.2, -0.15) is 0 Å². The zero-order chi connectivity index (χ0) is 19.0. The molecule has 0 aromatic heterocycles. The molecule has 4 aliphatic carbocycles. The van der Waals surface area contributed by atoms with E-state index in [0.29, 0.717) is 12.8 Å². The summed E-state index contributed by atoms with van der Waals surface area (Å²) in [6, 6.07) is 0. The first-order valence-corrected chi connectivity index (χ1v) is 9.76. The summed E-state index contributed by atoms with van der Waals surface area (Å²) in [6.07, 6.45) is 2.33. The molecule has 0 heterocycles. The van der Waals surface area contributed by atoms with Gasteiger partial charge in [0.15, 0.2) is 5.78 Å². The van der Waals surface area contributed by atoms with E-state index < -0.39 is 23.4 Å². The molecule has 0 spiro atoms. The lowest BCUT2D eigenvalue weighted by Crippen LogP contribution is -2.62. The zero-order valence-corrected chi connectivity index (χ0v) is 15.7. The van der Waals surface area contributed by atoms with Crippen LogP contribution in [0.25, 0.3) is 0 Å². The van der Waals surface area contributed by atoms with Crippen LogP contribution >= 0.6 is 0 Å². The third-order valence-electron chi connectivity index (χ3n) is 8.35. The molecule has 5 nitrogen and oxygen atoms in total. The number of hydrogen-bond donors (Lipinski definition) is 2. The third kappa shape index (κ3) is 2.07. The topological polar surface area (TPSA) is 91.7 Å². The zero-order valence-electron chi connectivity index (χ0n) is 15.7. The molecule has 8 atom stereocenters. The number of aliphatic hydroxyl groups excluding tert-OH is 2. The van der Waals surface area contributed by atoms with Crippen LogP contribution in [-0.2, 0) is 14.4 Å². The molecule has 0 saturated heterocycles. The minimum atomic E-state index is -1.46. The Labute approximate surface area is 153 Å². The van der Waals surface area contributed by atoms with Gasteiger partial charge in [-0.1, -0.05) is 19.4 Å². The van der Waals surface area contributed by atoms with Gasteiger partial charge in [0, 0.05) is 23.7 Å². The largest absolute Gasteiger partial charge is 0.389 e. The van der Waals surface area contributed by atoms with Crippen LogP contribution in [0.15, 0.2) is 11.6 Å². The second-order valence-electron chi connectivity index (χ2n) is 9.42. The second kappa shape index (κ2) is 5.59. The lowest BCUT2D eigenvalue weighted by Gasteiger charge is -2.58. The van der Waals surface area contributed by atoms with Crippen molar-refractivity contribution in [2.24, 2.45) is 34.5 Å². The molecule has 142 valence electrons. The molecule has 2 unspecified atom stereocenters. The first kappa shape index (κ1) is 18.1. The predicted octanol–water partition coefficient (Wildman–Crippen LogP) is 1.84. The van der Waals surface area contributed by atoms with Crippen LogP contribution in [0, 0.1) is 34.5 Å². The smallest absolute Gasteiger partial charge is 0.186 e. The summed E-state index contributed by atoms with van der Waals surface area (Å²) in [6.45, 7) is 5.56. The van der Waals surface area contributed by atoms with Crippen LogP contribution < -0.4 is 0 Å². The van der Waals surface area contributed by atoms with E-state index in [9.17, 15) is 24.6 Å². The highest BCUT2D eigenvalue weighted by Gasteiger charge is 2.65. The van der Waals surface area contributed by atoms with Crippen molar-refractivity contribution in [1.29, 1.82) is 0 Å². The van der Waals surface area contributed by atoms with E-state index in [1.807, 2.05) is 6.92 Å². The summed E-state index contributed by atoms with van der Waals surface area (Å²) in [5.41, 5.74) is -0.377. The minimum Gasteiger partial charge on any atom is -0.389 e. The van der Waals surface area contributed by atoms with Gasteiger partial charge in [0.05, 0.1) is 6.10 Å². The molecule has 3 saturated carbocycles. The number of fused-ring (bicyclic) bond motifs is 5. The Bertz CT molecular complexity index is 724. The molecule has 3 fully saturated rings. The maximum absolute atomic E-state index is 13.3. The lowest BCUT2D eigenvalue weighted by atomic mass is 9.45. The monoisotopic (exact) mass is 360 g/mol. The average Bonchev–Trinajstić information content (AvgIpc) is 2.91. The number of ketones is 3. The van der Waals surface area contributed by atoms with Gasteiger partial charge in [-0.3, -0.25) is 14.4 Å². The molecule has 0 aromatic rings. The van der Waals surface area contributed by atoms with Gasteiger partial charge < -0.3 is 10.2 Å². The van der Waals surface area contributed by atoms with Crippen molar-refractivity contribution >= 4 is 17.3 Å². The normalized spacial score (nSPS) is 50.6. The summed E-state index contributed by atoms with van der Waals surface area (Å²) in [5, 5.41) is 21.0. The summed E-state index contributed by atoms with van der Waals surface area (Å²) in [4.78, 5) is 37.5. The number of carbonyl (C=O) groups is 3. The Balaban J connectivity index is 1.78. The summed E-state index contributed by atoms with van der Waals surface area (Å²) in [5.74, 6) is -0.288. The molecule has 0 bridgehead atoms. The Morgan fingerprint density at radius 3 is 2.50 bits per heavy atom. The van der Waals surface area contributed by atoms with Crippen molar-refractivity contribution in [2.45, 2.75) is 65.1 Å². The fraction of sp³-hybridized carbons (Fsp3) is 0.762. The number of Topliss-reactive ketones (excluding diaryl/α,β-unsaturated/α-hetero) is 2. The molecule has 0 amide bonds. The van der Waals surface area contributed by atoms with Crippen molar-refractivity contribution in [1.82, 2.24) is 0 Å². The van der Waals surface area contributed by atoms with Gasteiger partial charge in [0.25, 0.3) is 0 Å². The van der Waals surface area contributed by atoms with E-state index in [1.165, 1.54) is 6.08 Å². The summed E-state index contributed by atoms with van der Waals surface area (Å²) in [7, 11) is 0. The average molecular weight is 360 g/mol. The van der Waals surface area contributed by atoms with E-state index in [1.54, 1.807) is 6.92 Å². The highest BCUT2D eigenvalue weighted by atomic mass is 16.3. The Kier molecular flexibility index (Phi) is 3.88. The van der Waals surface area contributed by atoms with Gasteiger partial charge in [-0.05, 0) is 55.9 Å². The van der Waals surface area contributed by atoms with E-state index in [0.717, 1.165) is 24.8 Å². The molecule has 0 radical (unpaired) electrons. The molecular weight excluding hydrogens is 332 g/mol. The van der Waals surface area contributed by atoms with Crippen molar-refractivity contribution < 1.29 is 24.6 Å². The highest BCUT2D eigenvalue weighted by Crippen LogP contribution is 2.65. The highest BCUT2D eigenvalue weighted by molar-refractivity contribution is 5.97. The Morgan fingerprint density at radius 1 is 1.15 bits per heavy atom. The van der Waals surface area contributed by atoms with E-state index >= 15 is 0 Å². The first-order chi connectivity index (χ1) is 12.1. The van der Waals surface area contributed by atoms with Gasteiger partial charge in [0.1, 0.15) is 17.7 Å². The Hall–Kier alpha value is -1.33. The van der Waals surface area contributed by atoms with Crippen LogP contribution in [0.3, 0.4) is 0 Å². The number of hydrogen-bond acceptors (Lipinski definition) is 5. The fourth-order valence-corrected chi connectivity index (χ4v) is 7.13. The van der Waals surface area contributed by atoms with Crippen molar-refractivity contribution in [3.05, 3.63) is 11.6 Å². The Morgan fingerprint density at radius 2 is 1.85 bits per heavy atom. The molecule has 26 heavy (non-hydrogen) atoms. The third-order valence-corrected chi connectivity index (χ3v) is 8.35. The van der Waals surface area contributed by atoms with E-state index in [2.05, 4.69) is 6.92 Å². The second-order valence-corrected chi connectivity index (χ2v) is 9.42. The van der Waals surface area contributed by atoms with Crippen molar-refractivity contribution in [3.63, 3.8) is 0 Å². The van der Waals surface area contributed by atoms with Crippen molar-refractivity contribution in [2.75, 3.05) is 0 Å². The first-order valence-electron chi connectivity index (χ1n) is 9.76. The molecule has 4 aliphatic rings. The van der Waals surface area contributed by atoms with Crippen LogP contribution in [0.1, 0.15) is 52.9 Å². The lowest BCUT2D eigenvalue weighted by molar-refractivity contribution is -0.164. The molecular formula is C21H28O5. The van der Waals surface area contributed by atoms with E-state index in [-0.39, 0.29) is 40.7 Å².